The van der Waals surface area contributed by atoms with Crippen molar-refractivity contribution in [2.75, 3.05) is 6.61 Å². The van der Waals surface area contributed by atoms with E-state index in [1.807, 2.05) is 31.2 Å². The Labute approximate surface area is 134 Å². The molecule has 2 rings (SSSR count). The molecule has 3 N–H and O–H groups in total. The van der Waals surface area contributed by atoms with Crippen LogP contribution in [-0.4, -0.2) is 27.7 Å². The Morgan fingerprint density at radius 3 is 2.22 bits per heavy atom. The van der Waals surface area contributed by atoms with E-state index in [-0.39, 0.29) is 23.5 Å². The highest BCUT2D eigenvalue weighted by molar-refractivity contribution is 6.01. The molecule has 5 heteroatoms. The number of phenols is 3. The monoisotopic (exact) mass is 316 g/mol. The zero-order valence-corrected chi connectivity index (χ0v) is 13.0. The van der Waals surface area contributed by atoms with Crippen LogP contribution in [0.25, 0.3) is 0 Å². The van der Waals surface area contributed by atoms with E-state index in [1.54, 1.807) is 0 Å². The molecule has 0 saturated carbocycles. The fraction of sp³-hybridized carbons (Fsp3) is 0.278. The van der Waals surface area contributed by atoms with Gasteiger partial charge in [0.25, 0.3) is 0 Å². The van der Waals surface area contributed by atoms with Crippen molar-refractivity contribution in [3.63, 3.8) is 0 Å². The van der Waals surface area contributed by atoms with Crippen LogP contribution in [0.3, 0.4) is 0 Å². The first-order chi connectivity index (χ1) is 11.0. The molecule has 0 aliphatic heterocycles. The summed E-state index contributed by atoms with van der Waals surface area (Å²) in [5.74, 6) is -0.729. The van der Waals surface area contributed by atoms with Crippen molar-refractivity contribution < 1.29 is 24.9 Å². The third-order valence-corrected chi connectivity index (χ3v) is 3.40. The maximum Gasteiger partial charge on any atom is 0.170 e. The molecule has 0 unspecified atom stereocenters. The highest BCUT2D eigenvalue weighted by atomic mass is 16.5. The Bertz CT molecular complexity index is 653. The van der Waals surface area contributed by atoms with Gasteiger partial charge in [0, 0.05) is 18.6 Å². The summed E-state index contributed by atoms with van der Waals surface area (Å²) in [6, 6.07) is 9.54. The first kappa shape index (κ1) is 16.7. The number of rotatable bonds is 7. The van der Waals surface area contributed by atoms with Gasteiger partial charge in [0.15, 0.2) is 5.78 Å². The van der Waals surface area contributed by atoms with Gasteiger partial charge in [-0.3, -0.25) is 4.79 Å². The van der Waals surface area contributed by atoms with Crippen LogP contribution in [0.5, 0.6) is 23.0 Å². The van der Waals surface area contributed by atoms with Crippen molar-refractivity contribution in [1.82, 2.24) is 0 Å². The Morgan fingerprint density at radius 1 is 1.04 bits per heavy atom. The number of ether oxygens (including phenoxy) is 1. The van der Waals surface area contributed by atoms with E-state index in [2.05, 4.69) is 0 Å². The second-order valence-electron chi connectivity index (χ2n) is 5.27. The first-order valence-electron chi connectivity index (χ1n) is 7.51. The molecular formula is C18H20O5. The Hall–Kier alpha value is -2.69. The molecule has 0 fully saturated rings. The van der Waals surface area contributed by atoms with Gasteiger partial charge < -0.3 is 20.1 Å². The minimum atomic E-state index is -0.421. The number of hydrogen-bond donors (Lipinski definition) is 3. The summed E-state index contributed by atoms with van der Waals surface area (Å²) in [5, 5.41) is 28.7. The summed E-state index contributed by atoms with van der Waals surface area (Å²) < 4.78 is 5.49. The predicted molar refractivity (Wildman–Crippen MR) is 86.3 cm³/mol. The normalized spacial score (nSPS) is 10.5. The SMILES string of the molecule is CCCOc1ccc(CCC(=O)c2c(O)cc(O)cc2O)cc1. The lowest BCUT2D eigenvalue weighted by atomic mass is 10.0. The second kappa shape index (κ2) is 7.54. The van der Waals surface area contributed by atoms with Gasteiger partial charge in [-0.05, 0) is 30.5 Å². The first-order valence-corrected chi connectivity index (χ1v) is 7.51. The minimum Gasteiger partial charge on any atom is -0.508 e. The van der Waals surface area contributed by atoms with Crippen molar-refractivity contribution in [2.45, 2.75) is 26.2 Å². The number of carbonyl (C=O) groups excluding carboxylic acids is 1. The summed E-state index contributed by atoms with van der Waals surface area (Å²) in [6.45, 7) is 2.70. The molecule has 5 nitrogen and oxygen atoms in total. The number of benzene rings is 2. The smallest absolute Gasteiger partial charge is 0.170 e. The zero-order chi connectivity index (χ0) is 16.8. The van der Waals surface area contributed by atoms with Gasteiger partial charge in [0.2, 0.25) is 0 Å². The van der Waals surface area contributed by atoms with E-state index in [9.17, 15) is 20.1 Å². The molecule has 0 spiro atoms. The lowest BCUT2D eigenvalue weighted by Gasteiger charge is -2.08. The standard InChI is InChI=1S/C18H20O5/c1-2-9-23-14-6-3-12(4-7-14)5-8-15(20)18-16(21)10-13(19)11-17(18)22/h3-4,6-7,10-11,19,21-22H,2,5,8-9H2,1H3. The van der Waals surface area contributed by atoms with Gasteiger partial charge in [-0.15, -0.1) is 0 Å². The molecule has 2 aromatic rings. The van der Waals surface area contributed by atoms with Crippen LogP contribution in [-0.2, 0) is 6.42 Å². The minimum absolute atomic E-state index is 0.140. The predicted octanol–water partition coefficient (Wildman–Crippen LogP) is 3.41. The number of Topliss-reactive ketones (excluding diaryl/α,β-unsaturated/α-hetero) is 1. The molecule has 0 radical (unpaired) electrons. The van der Waals surface area contributed by atoms with Gasteiger partial charge in [-0.2, -0.15) is 0 Å². The van der Waals surface area contributed by atoms with Crippen LogP contribution in [0.1, 0.15) is 35.7 Å². The summed E-state index contributed by atoms with van der Waals surface area (Å²) in [6.07, 6.45) is 1.56. The number of carbonyl (C=O) groups is 1. The molecule has 0 heterocycles. The fourth-order valence-electron chi connectivity index (χ4n) is 2.24. The van der Waals surface area contributed by atoms with Crippen LogP contribution in [0.2, 0.25) is 0 Å². The average Bonchev–Trinajstić information content (AvgIpc) is 2.51. The zero-order valence-electron chi connectivity index (χ0n) is 13.0. The van der Waals surface area contributed by atoms with E-state index in [1.165, 1.54) is 0 Å². The molecule has 122 valence electrons. The van der Waals surface area contributed by atoms with Crippen LogP contribution >= 0.6 is 0 Å². The van der Waals surface area contributed by atoms with Crippen molar-refractivity contribution in [2.24, 2.45) is 0 Å². The molecular weight excluding hydrogens is 296 g/mol. The van der Waals surface area contributed by atoms with Crippen molar-refractivity contribution in [3.8, 4) is 23.0 Å². The number of ketones is 1. The van der Waals surface area contributed by atoms with Crippen molar-refractivity contribution >= 4 is 5.78 Å². The van der Waals surface area contributed by atoms with E-state index < -0.39 is 11.5 Å². The molecule has 0 amide bonds. The van der Waals surface area contributed by atoms with E-state index in [0.717, 1.165) is 29.9 Å². The molecule has 0 bridgehead atoms. The van der Waals surface area contributed by atoms with Gasteiger partial charge >= 0.3 is 0 Å². The molecule has 0 aliphatic carbocycles. The number of aryl methyl sites for hydroxylation is 1. The van der Waals surface area contributed by atoms with Gasteiger partial charge in [0.1, 0.15) is 28.6 Å². The molecule has 0 saturated heterocycles. The maximum absolute atomic E-state index is 12.2. The maximum atomic E-state index is 12.2. The van der Waals surface area contributed by atoms with Gasteiger partial charge in [0.05, 0.1) is 6.61 Å². The lowest BCUT2D eigenvalue weighted by molar-refractivity contribution is 0.0977. The van der Waals surface area contributed by atoms with E-state index in [4.69, 9.17) is 4.74 Å². The average molecular weight is 316 g/mol. The van der Waals surface area contributed by atoms with Crippen LogP contribution in [0.4, 0.5) is 0 Å². The van der Waals surface area contributed by atoms with Crippen LogP contribution < -0.4 is 4.74 Å². The van der Waals surface area contributed by atoms with E-state index >= 15 is 0 Å². The second-order valence-corrected chi connectivity index (χ2v) is 5.27. The highest BCUT2D eigenvalue weighted by Crippen LogP contribution is 2.33. The van der Waals surface area contributed by atoms with Crippen molar-refractivity contribution in [1.29, 1.82) is 0 Å². The number of aromatic hydroxyl groups is 3. The number of hydrogen-bond acceptors (Lipinski definition) is 5. The Morgan fingerprint density at radius 2 is 1.65 bits per heavy atom. The molecule has 2 aromatic carbocycles. The summed E-state index contributed by atoms with van der Waals surface area (Å²) >= 11 is 0. The molecule has 0 atom stereocenters. The van der Waals surface area contributed by atoms with Crippen LogP contribution in [0, 0.1) is 0 Å². The Kier molecular flexibility index (Phi) is 5.46. The summed E-state index contributed by atoms with van der Waals surface area (Å²) in [7, 11) is 0. The lowest BCUT2D eigenvalue weighted by Crippen LogP contribution is -2.02. The topological polar surface area (TPSA) is 87.0 Å². The van der Waals surface area contributed by atoms with Crippen LogP contribution in [0.15, 0.2) is 36.4 Å². The molecule has 0 aliphatic rings. The van der Waals surface area contributed by atoms with E-state index in [0.29, 0.717) is 13.0 Å². The number of phenolic OH excluding ortho intramolecular Hbond substituents is 3. The summed E-state index contributed by atoms with van der Waals surface area (Å²) in [4.78, 5) is 12.2. The van der Waals surface area contributed by atoms with Crippen molar-refractivity contribution in [3.05, 3.63) is 47.5 Å². The Balaban J connectivity index is 1.99. The molecule has 0 aromatic heterocycles. The fourth-order valence-corrected chi connectivity index (χ4v) is 2.24. The van der Waals surface area contributed by atoms with Gasteiger partial charge in [-0.25, -0.2) is 0 Å². The molecule has 23 heavy (non-hydrogen) atoms. The quantitative estimate of drug-likeness (QED) is 0.681. The summed E-state index contributed by atoms with van der Waals surface area (Å²) in [5.41, 5.74) is 0.797. The van der Waals surface area contributed by atoms with Gasteiger partial charge in [-0.1, -0.05) is 19.1 Å². The highest BCUT2D eigenvalue weighted by Gasteiger charge is 2.17. The largest absolute Gasteiger partial charge is 0.508 e. The third kappa shape index (κ3) is 4.39. The third-order valence-electron chi connectivity index (χ3n) is 3.40.